The SMILES string of the molecule is Cc1cccc(C(C)C)c1NC(=O)[C@H](C)OC(=O)c1n[nH]c(=O)c2ccccc12. The highest BCUT2D eigenvalue weighted by Crippen LogP contribution is 2.27. The number of benzene rings is 2. The summed E-state index contributed by atoms with van der Waals surface area (Å²) in [6, 6.07) is 12.4. The van der Waals surface area contributed by atoms with Gasteiger partial charge in [0.25, 0.3) is 11.5 Å². The number of fused-ring (bicyclic) bond motifs is 1. The summed E-state index contributed by atoms with van der Waals surface area (Å²) < 4.78 is 5.32. The second-order valence-corrected chi connectivity index (χ2v) is 7.18. The first-order valence-corrected chi connectivity index (χ1v) is 9.38. The van der Waals surface area contributed by atoms with Crippen molar-refractivity contribution in [2.75, 3.05) is 5.32 Å². The number of hydrogen-bond acceptors (Lipinski definition) is 5. The maximum atomic E-state index is 12.7. The van der Waals surface area contributed by atoms with Crippen LogP contribution in [0.25, 0.3) is 10.8 Å². The van der Waals surface area contributed by atoms with Gasteiger partial charge in [-0.15, -0.1) is 0 Å². The third-order valence-corrected chi connectivity index (χ3v) is 4.72. The summed E-state index contributed by atoms with van der Waals surface area (Å²) in [5.74, 6) is -1.00. The number of carbonyl (C=O) groups excluding carboxylic acids is 2. The number of anilines is 1. The summed E-state index contributed by atoms with van der Waals surface area (Å²) in [6.45, 7) is 7.49. The van der Waals surface area contributed by atoms with Gasteiger partial charge in [-0.1, -0.05) is 50.2 Å². The summed E-state index contributed by atoms with van der Waals surface area (Å²) in [6.07, 6.45) is -1.05. The highest BCUT2D eigenvalue weighted by molar-refractivity contribution is 6.03. The van der Waals surface area contributed by atoms with E-state index in [1.807, 2.05) is 39.0 Å². The minimum absolute atomic E-state index is 0.0430. The average Bonchev–Trinajstić information content (AvgIpc) is 2.69. The minimum atomic E-state index is -1.05. The molecule has 3 rings (SSSR count). The summed E-state index contributed by atoms with van der Waals surface area (Å²) in [7, 11) is 0. The van der Waals surface area contributed by atoms with Gasteiger partial charge in [0.15, 0.2) is 11.8 Å². The second-order valence-electron chi connectivity index (χ2n) is 7.18. The Bertz CT molecular complexity index is 1130. The summed E-state index contributed by atoms with van der Waals surface area (Å²) in [5, 5.41) is 9.66. The van der Waals surface area contributed by atoms with Crippen LogP contribution in [0, 0.1) is 6.92 Å². The Kier molecular flexibility index (Phi) is 5.77. The van der Waals surface area contributed by atoms with Crippen molar-refractivity contribution >= 4 is 28.3 Å². The summed E-state index contributed by atoms with van der Waals surface area (Å²) >= 11 is 0. The summed E-state index contributed by atoms with van der Waals surface area (Å²) in [5.41, 5.74) is 2.21. The highest BCUT2D eigenvalue weighted by atomic mass is 16.5. The smallest absolute Gasteiger partial charge is 0.360 e. The van der Waals surface area contributed by atoms with Gasteiger partial charge in [0.1, 0.15) is 0 Å². The maximum Gasteiger partial charge on any atom is 0.360 e. The molecule has 0 aliphatic carbocycles. The van der Waals surface area contributed by atoms with Gasteiger partial charge in [0.05, 0.1) is 5.39 Å². The fourth-order valence-electron chi connectivity index (χ4n) is 3.11. The van der Waals surface area contributed by atoms with E-state index in [1.54, 1.807) is 24.3 Å². The first kappa shape index (κ1) is 20.3. The molecule has 1 heterocycles. The number of nitrogens with zero attached hydrogens (tertiary/aromatic N) is 1. The van der Waals surface area contributed by atoms with Crippen LogP contribution in [0.3, 0.4) is 0 Å². The van der Waals surface area contributed by atoms with Crippen LogP contribution in [0.2, 0.25) is 0 Å². The van der Waals surface area contributed by atoms with E-state index in [0.29, 0.717) is 10.8 Å². The third-order valence-electron chi connectivity index (χ3n) is 4.72. The molecule has 0 spiro atoms. The Morgan fingerprint density at radius 3 is 2.41 bits per heavy atom. The van der Waals surface area contributed by atoms with Crippen LogP contribution in [0.15, 0.2) is 47.3 Å². The number of ether oxygens (including phenoxy) is 1. The number of aromatic amines is 1. The van der Waals surface area contributed by atoms with Crippen LogP contribution in [0.4, 0.5) is 5.69 Å². The largest absolute Gasteiger partial charge is 0.448 e. The Morgan fingerprint density at radius 1 is 1.03 bits per heavy atom. The fourth-order valence-corrected chi connectivity index (χ4v) is 3.11. The van der Waals surface area contributed by atoms with E-state index in [4.69, 9.17) is 4.74 Å². The lowest BCUT2D eigenvalue weighted by Gasteiger charge is -2.19. The van der Waals surface area contributed by atoms with Crippen molar-refractivity contribution in [2.45, 2.75) is 39.7 Å². The molecule has 1 atom stereocenters. The van der Waals surface area contributed by atoms with Gasteiger partial charge < -0.3 is 10.1 Å². The average molecular weight is 393 g/mol. The quantitative estimate of drug-likeness (QED) is 0.646. The predicted octanol–water partition coefficient (Wildman–Crippen LogP) is 3.54. The number of para-hydroxylation sites is 1. The van der Waals surface area contributed by atoms with Crippen LogP contribution < -0.4 is 10.9 Å². The van der Waals surface area contributed by atoms with Crippen molar-refractivity contribution in [3.63, 3.8) is 0 Å². The lowest BCUT2D eigenvalue weighted by molar-refractivity contribution is -0.123. The Labute approximate surface area is 168 Å². The molecule has 0 unspecified atom stereocenters. The molecule has 0 aliphatic rings. The molecule has 0 bridgehead atoms. The monoisotopic (exact) mass is 393 g/mol. The molecule has 3 aromatic rings. The van der Waals surface area contributed by atoms with Gasteiger partial charge in [-0.2, -0.15) is 5.10 Å². The van der Waals surface area contributed by atoms with Crippen LogP contribution in [-0.2, 0) is 9.53 Å². The lowest BCUT2D eigenvalue weighted by atomic mass is 9.98. The second kappa shape index (κ2) is 8.26. The maximum absolute atomic E-state index is 12.7. The van der Waals surface area contributed by atoms with Crippen molar-refractivity contribution < 1.29 is 14.3 Å². The zero-order valence-corrected chi connectivity index (χ0v) is 16.8. The molecule has 0 saturated carbocycles. The summed E-state index contributed by atoms with van der Waals surface area (Å²) in [4.78, 5) is 37.1. The first-order chi connectivity index (χ1) is 13.8. The molecule has 0 saturated heterocycles. The number of aryl methyl sites for hydroxylation is 1. The van der Waals surface area contributed by atoms with Gasteiger partial charge in [0, 0.05) is 11.1 Å². The van der Waals surface area contributed by atoms with Gasteiger partial charge in [-0.05, 0) is 37.0 Å². The van der Waals surface area contributed by atoms with E-state index in [2.05, 4.69) is 15.5 Å². The van der Waals surface area contributed by atoms with E-state index in [9.17, 15) is 14.4 Å². The highest BCUT2D eigenvalue weighted by Gasteiger charge is 2.23. The molecule has 7 heteroatoms. The molecular weight excluding hydrogens is 370 g/mol. The van der Waals surface area contributed by atoms with Crippen molar-refractivity contribution in [1.29, 1.82) is 0 Å². The number of hydrogen-bond donors (Lipinski definition) is 2. The van der Waals surface area contributed by atoms with Crippen LogP contribution >= 0.6 is 0 Å². The predicted molar refractivity (Wildman–Crippen MR) is 111 cm³/mol. The van der Waals surface area contributed by atoms with E-state index in [0.717, 1.165) is 16.8 Å². The Morgan fingerprint density at radius 2 is 1.72 bits per heavy atom. The first-order valence-electron chi connectivity index (χ1n) is 9.38. The fraction of sp³-hybridized carbons (Fsp3) is 0.273. The standard InChI is InChI=1S/C22H23N3O4/c1-12(2)15-11-7-8-13(3)18(15)23-20(26)14(4)29-22(28)19-16-9-5-6-10-17(16)21(27)25-24-19/h5-12,14H,1-4H3,(H,23,26)(H,25,27)/t14-/m0/s1. The number of aromatic nitrogens is 2. The van der Waals surface area contributed by atoms with Crippen LogP contribution in [-0.4, -0.2) is 28.2 Å². The van der Waals surface area contributed by atoms with Crippen LogP contribution in [0.1, 0.15) is 48.3 Å². The third kappa shape index (κ3) is 4.18. The van der Waals surface area contributed by atoms with E-state index in [-0.39, 0.29) is 11.6 Å². The number of rotatable bonds is 5. The van der Waals surface area contributed by atoms with E-state index in [1.165, 1.54) is 6.92 Å². The Balaban J connectivity index is 1.80. The molecule has 0 fully saturated rings. The van der Waals surface area contributed by atoms with Gasteiger partial charge in [-0.3, -0.25) is 9.59 Å². The topological polar surface area (TPSA) is 101 Å². The number of amides is 1. The van der Waals surface area contributed by atoms with Crippen molar-refractivity contribution in [1.82, 2.24) is 10.2 Å². The number of esters is 1. The van der Waals surface area contributed by atoms with Crippen molar-refractivity contribution in [2.24, 2.45) is 0 Å². The molecule has 1 amide bonds. The molecule has 150 valence electrons. The number of H-pyrrole nitrogens is 1. The van der Waals surface area contributed by atoms with Crippen LogP contribution in [0.5, 0.6) is 0 Å². The van der Waals surface area contributed by atoms with E-state index < -0.39 is 23.5 Å². The van der Waals surface area contributed by atoms with Crippen molar-refractivity contribution in [3.05, 3.63) is 69.6 Å². The number of carbonyl (C=O) groups is 2. The van der Waals surface area contributed by atoms with Crippen molar-refractivity contribution in [3.8, 4) is 0 Å². The zero-order chi connectivity index (χ0) is 21.1. The van der Waals surface area contributed by atoms with Gasteiger partial charge in [-0.25, -0.2) is 9.89 Å². The Hall–Kier alpha value is -3.48. The minimum Gasteiger partial charge on any atom is -0.448 e. The molecule has 0 aliphatic heterocycles. The lowest BCUT2D eigenvalue weighted by Crippen LogP contribution is -2.31. The molecule has 2 N–H and O–H groups in total. The molecular formula is C22H23N3O4. The molecule has 0 radical (unpaired) electrons. The van der Waals surface area contributed by atoms with Gasteiger partial charge in [0.2, 0.25) is 0 Å². The van der Waals surface area contributed by atoms with Gasteiger partial charge >= 0.3 is 5.97 Å². The molecule has 7 nitrogen and oxygen atoms in total. The van der Waals surface area contributed by atoms with E-state index >= 15 is 0 Å². The normalized spacial score (nSPS) is 12.0. The number of nitrogens with one attached hydrogen (secondary N) is 2. The zero-order valence-electron chi connectivity index (χ0n) is 16.8. The molecule has 2 aromatic carbocycles. The molecule has 29 heavy (non-hydrogen) atoms. The molecule has 1 aromatic heterocycles.